The first-order valence-electron chi connectivity index (χ1n) is 5.91. The first kappa shape index (κ1) is 15.4. The number of halogens is 3. The summed E-state index contributed by atoms with van der Waals surface area (Å²) in [5.41, 5.74) is 0.110. The molecule has 0 radical (unpaired) electrons. The molecule has 0 aliphatic heterocycles. The maximum Gasteiger partial charge on any atom is 0.398 e. The van der Waals surface area contributed by atoms with Crippen LogP contribution in [-0.4, -0.2) is 22.8 Å². The lowest BCUT2D eigenvalue weighted by Gasteiger charge is -2.09. The molecular formula is C13H11F3N2O2S. The van der Waals surface area contributed by atoms with Gasteiger partial charge in [-0.15, -0.1) is 0 Å². The number of nitrogens with zero attached hydrogens (tertiary/aromatic N) is 1. The Morgan fingerprint density at radius 1 is 1.33 bits per heavy atom. The molecule has 2 heterocycles. The zero-order valence-corrected chi connectivity index (χ0v) is 11.5. The van der Waals surface area contributed by atoms with Crippen LogP contribution in [0.2, 0.25) is 0 Å². The largest absolute Gasteiger partial charge is 0.467 e. The lowest BCUT2D eigenvalue weighted by atomic mass is 10.2. The van der Waals surface area contributed by atoms with Crippen molar-refractivity contribution < 1.29 is 22.4 Å². The van der Waals surface area contributed by atoms with E-state index < -0.39 is 17.8 Å². The van der Waals surface area contributed by atoms with Crippen LogP contribution in [0.5, 0.6) is 0 Å². The summed E-state index contributed by atoms with van der Waals surface area (Å²) >= 11 is 0.485. The number of furan rings is 1. The van der Waals surface area contributed by atoms with Crippen molar-refractivity contribution in [2.75, 3.05) is 5.75 Å². The summed E-state index contributed by atoms with van der Waals surface area (Å²) in [5, 5.41) is 2.62. The number of nitrogens with one attached hydrogen (secondary N) is 1. The average Bonchev–Trinajstić information content (AvgIpc) is 2.95. The molecule has 1 N–H and O–H groups in total. The van der Waals surface area contributed by atoms with Crippen molar-refractivity contribution in [3.05, 3.63) is 48.0 Å². The van der Waals surface area contributed by atoms with E-state index >= 15 is 0 Å². The van der Waals surface area contributed by atoms with Crippen LogP contribution in [0.25, 0.3) is 0 Å². The highest BCUT2D eigenvalue weighted by molar-refractivity contribution is 7.99. The van der Waals surface area contributed by atoms with Crippen LogP contribution >= 0.6 is 11.8 Å². The van der Waals surface area contributed by atoms with Gasteiger partial charge in [-0.2, -0.15) is 13.2 Å². The predicted octanol–water partition coefficient (Wildman–Crippen LogP) is 3.26. The van der Waals surface area contributed by atoms with Gasteiger partial charge in [0.05, 0.1) is 24.1 Å². The fourth-order valence-corrected chi connectivity index (χ4v) is 2.26. The number of amides is 1. The Morgan fingerprint density at radius 3 is 2.81 bits per heavy atom. The SMILES string of the molecule is O=C(NCc1ccco1)c1cccnc1SCC(F)(F)F. The van der Waals surface area contributed by atoms with Crippen LogP contribution in [0.1, 0.15) is 16.1 Å². The van der Waals surface area contributed by atoms with Gasteiger partial charge in [0.15, 0.2) is 0 Å². The Labute approximate surface area is 122 Å². The lowest BCUT2D eigenvalue weighted by molar-refractivity contribution is -0.105. The number of carbonyl (C=O) groups excluding carboxylic acids is 1. The molecule has 2 aromatic rings. The van der Waals surface area contributed by atoms with Crippen LogP contribution < -0.4 is 5.32 Å². The molecule has 0 atom stereocenters. The van der Waals surface area contributed by atoms with Crippen LogP contribution in [0.3, 0.4) is 0 Å². The smallest absolute Gasteiger partial charge is 0.398 e. The molecule has 2 aromatic heterocycles. The second-order valence-electron chi connectivity index (χ2n) is 4.02. The van der Waals surface area contributed by atoms with Gasteiger partial charge in [-0.25, -0.2) is 4.98 Å². The first-order valence-corrected chi connectivity index (χ1v) is 6.89. The third-order valence-corrected chi connectivity index (χ3v) is 3.46. The quantitative estimate of drug-likeness (QED) is 0.860. The molecule has 0 saturated heterocycles. The Bertz CT molecular complexity index is 600. The van der Waals surface area contributed by atoms with Crippen molar-refractivity contribution in [3.8, 4) is 0 Å². The van der Waals surface area contributed by atoms with Gasteiger partial charge in [0.2, 0.25) is 0 Å². The Morgan fingerprint density at radius 2 is 2.14 bits per heavy atom. The minimum atomic E-state index is -4.32. The number of hydrogen-bond acceptors (Lipinski definition) is 4. The Hall–Kier alpha value is -1.96. The standard InChI is InChI=1S/C13H11F3N2O2S/c14-13(15,16)8-21-12-10(4-1-5-17-12)11(19)18-7-9-3-2-6-20-9/h1-6H,7-8H2,(H,18,19). The third kappa shape index (κ3) is 4.82. The molecule has 2 rings (SSSR count). The fourth-order valence-electron chi connectivity index (χ4n) is 1.50. The summed E-state index contributed by atoms with van der Waals surface area (Å²) < 4.78 is 41.8. The second-order valence-corrected chi connectivity index (χ2v) is 4.99. The number of alkyl halides is 3. The molecule has 0 unspecified atom stereocenters. The zero-order chi connectivity index (χ0) is 15.3. The van der Waals surface area contributed by atoms with Gasteiger partial charge in [0.25, 0.3) is 5.91 Å². The number of rotatable bonds is 5. The number of pyridine rings is 1. The third-order valence-electron chi connectivity index (χ3n) is 2.39. The second kappa shape index (κ2) is 6.66. The number of hydrogen-bond donors (Lipinski definition) is 1. The van der Waals surface area contributed by atoms with Crippen molar-refractivity contribution in [1.82, 2.24) is 10.3 Å². The van der Waals surface area contributed by atoms with E-state index in [4.69, 9.17) is 4.42 Å². The van der Waals surface area contributed by atoms with Crippen LogP contribution in [-0.2, 0) is 6.54 Å². The van der Waals surface area contributed by atoms with Crippen molar-refractivity contribution in [1.29, 1.82) is 0 Å². The predicted molar refractivity (Wildman–Crippen MR) is 70.9 cm³/mol. The molecule has 21 heavy (non-hydrogen) atoms. The van der Waals surface area contributed by atoms with Crippen LogP contribution in [0, 0.1) is 0 Å². The average molecular weight is 316 g/mol. The van der Waals surface area contributed by atoms with Gasteiger partial charge in [-0.05, 0) is 24.3 Å². The van der Waals surface area contributed by atoms with Crippen LogP contribution in [0.4, 0.5) is 13.2 Å². The van der Waals surface area contributed by atoms with Gasteiger partial charge in [-0.1, -0.05) is 11.8 Å². The summed E-state index contributed by atoms with van der Waals surface area (Å²) in [6.07, 6.45) is -1.50. The molecule has 0 bridgehead atoms. The van der Waals surface area contributed by atoms with Gasteiger partial charge >= 0.3 is 6.18 Å². The number of carbonyl (C=O) groups is 1. The first-order chi connectivity index (χ1) is 9.96. The minimum Gasteiger partial charge on any atom is -0.467 e. The fraction of sp³-hybridized carbons (Fsp3) is 0.231. The lowest BCUT2D eigenvalue weighted by Crippen LogP contribution is -2.23. The minimum absolute atomic E-state index is 0.0479. The Kier molecular flexibility index (Phi) is 4.89. The monoisotopic (exact) mass is 316 g/mol. The summed E-state index contributed by atoms with van der Waals surface area (Å²) in [7, 11) is 0. The summed E-state index contributed by atoms with van der Waals surface area (Å²) in [6.45, 7) is 0.157. The van der Waals surface area contributed by atoms with E-state index in [2.05, 4.69) is 10.3 Å². The van der Waals surface area contributed by atoms with Gasteiger partial charge in [0.1, 0.15) is 10.8 Å². The van der Waals surface area contributed by atoms with Crippen molar-refractivity contribution in [3.63, 3.8) is 0 Å². The van der Waals surface area contributed by atoms with E-state index in [1.165, 1.54) is 24.6 Å². The summed E-state index contributed by atoms with van der Waals surface area (Å²) in [6, 6.07) is 6.29. The molecular weight excluding hydrogens is 305 g/mol. The molecule has 1 amide bonds. The van der Waals surface area contributed by atoms with Crippen molar-refractivity contribution >= 4 is 17.7 Å². The van der Waals surface area contributed by atoms with E-state index in [0.717, 1.165) is 0 Å². The highest BCUT2D eigenvalue weighted by Crippen LogP contribution is 2.27. The molecule has 112 valence electrons. The van der Waals surface area contributed by atoms with E-state index in [1.54, 1.807) is 12.1 Å². The van der Waals surface area contributed by atoms with E-state index in [0.29, 0.717) is 17.5 Å². The van der Waals surface area contributed by atoms with Crippen molar-refractivity contribution in [2.24, 2.45) is 0 Å². The summed E-state index contributed by atoms with van der Waals surface area (Å²) in [5.74, 6) is -1.04. The normalized spacial score (nSPS) is 11.4. The summed E-state index contributed by atoms with van der Waals surface area (Å²) in [4.78, 5) is 15.8. The van der Waals surface area contributed by atoms with Gasteiger partial charge < -0.3 is 9.73 Å². The topological polar surface area (TPSA) is 55.1 Å². The molecule has 0 aliphatic carbocycles. The maximum absolute atomic E-state index is 12.2. The van der Waals surface area contributed by atoms with Crippen LogP contribution in [0.15, 0.2) is 46.2 Å². The molecule has 0 aliphatic rings. The molecule has 0 saturated carbocycles. The molecule has 8 heteroatoms. The molecule has 0 fully saturated rings. The number of thioether (sulfide) groups is 1. The van der Waals surface area contributed by atoms with Gasteiger partial charge in [0, 0.05) is 6.20 Å². The Balaban J connectivity index is 2.02. The molecule has 4 nitrogen and oxygen atoms in total. The zero-order valence-electron chi connectivity index (χ0n) is 10.7. The van der Waals surface area contributed by atoms with E-state index in [1.807, 2.05) is 0 Å². The maximum atomic E-state index is 12.2. The van der Waals surface area contributed by atoms with Crippen molar-refractivity contribution in [2.45, 2.75) is 17.7 Å². The molecule has 0 aromatic carbocycles. The molecule has 0 spiro atoms. The number of aromatic nitrogens is 1. The highest BCUT2D eigenvalue weighted by atomic mass is 32.2. The highest BCUT2D eigenvalue weighted by Gasteiger charge is 2.28. The van der Waals surface area contributed by atoms with Gasteiger partial charge in [-0.3, -0.25) is 4.79 Å². The van der Waals surface area contributed by atoms with E-state index in [9.17, 15) is 18.0 Å². The van der Waals surface area contributed by atoms with E-state index in [-0.39, 0.29) is 17.1 Å².